The van der Waals surface area contributed by atoms with Gasteiger partial charge in [0.2, 0.25) is 0 Å². The largest absolute Gasteiger partial charge is 0.465 e. The first kappa shape index (κ1) is 13.8. The molecule has 0 aliphatic rings. The van der Waals surface area contributed by atoms with Crippen molar-refractivity contribution in [2.24, 2.45) is 11.3 Å². The Hall–Kier alpha value is -1.31. The van der Waals surface area contributed by atoms with Crippen LogP contribution in [0, 0.1) is 11.3 Å². The van der Waals surface area contributed by atoms with Gasteiger partial charge in [0, 0.05) is 0 Å². The van der Waals surface area contributed by atoms with Crippen LogP contribution in [0.4, 0.5) is 0 Å². The predicted octanol–water partition coefficient (Wildman–Crippen LogP) is 3.45. The summed E-state index contributed by atoms with van der Waals surface area (Å²) < 4.78 is 5.30. The Bertz CT molecular complexity index is 349. The molecule has 0 fully saturated rings. The van der Waals surface area contributed by atoms with Gasteiger partial charge in [0.05, 0.1) is 12.0 Å². The highest BCUT2D eigenvalue weighted by Crippen LogP contribution is 2.16. The zero-order valence-electron chi connectivity index (χ0n) is 11.2. The lowest BCUT2D eigenvalue weighted by molar-refractivity contribution is -0.154. The maximum absolute atomic E-state index is 11.6. The smallest absolute Gasteiger partial charge is 0.311 e. The summed E-state index contributed by atoms with van der Waals surface area (Å²) in [6, 6.07) is 10.3. The monoisotopic (exact) mass is 234 g/mol. The van der Waals surface area contributed by atoms with Crippen LogP contribution in [-0.4, -0.2) is 12.6 Å². The molecule has 2 heteroatoms. The minimum Gasteiger partial charge on any atom is -0.465 e. The predicted molar refractivity (Wildman–Crippen MR) is 69.7 cm³/mol. The molecule has 2 nitrogen and oxygen atoms in total. The summed E-state index contributed by atoms with van der Waals surface area (Å²) in [5, 5.41) is 0. The van der Waals surface area contributed by atoms with Gasteiger partial charge in [0.15, 0.2) is 0 Å². The summed E-state index contributed by atoms with van der Waals surface area (Å²) in [6.07, 6.45) is 0.943. The van der Waals surface area contributed by atoms with Crippen molar-refractivity contribution in [3.8, 4) is 0 Å². The van der Waals surface area contributed by atoms with Gasteiger partial charge in [-0.1, -0.05) is 37.3 Å². The van der Waals surface area contributed by atoms with Crippen molar-refractivity contribution < 1.29 is 9.53 Å². The van der Waals surface area contributed by atoms with E-state index in [1.165, 1.54) is 5.56 Å². The number of hydrogen-bond acceptors (Lipinski definition) is 2. The molecule has 94 valence electrons. The molecule has 0 radical (unpaired) electrons. The highest BCUT2D eigenvalue weighted by molar-refractivity contribution is 5.75. The van der Waals surface area contributed by atoms with Crippen molar-refractivity contribution in [1.29, 1.82) is 0 Å². The third kappa shape index (κ3) is 5.03. The van der Waals surface area contributed by atoms with Gasteiger partial charge in [-0.3, -0.25) is 4.79 Å². The number of hydrogen-bond donors (Lipinski definition) is 0. The summed E-state index contributed by atoms with van der Waals surface area (Å²) >= 11 is 0. The minimum absolute atomic E-state index is 0.127. The molecule has 1 aromatic carbocycles. The van der Waals surface area contributed by atoms with Gasteiger partial charge in [0.25, 0.3) is 0 Å². The number of benzene rings is 1. The molecule has 0 heterocycles. The molecule has 0 N–H and O–H groups in total. The van der Waals surface area contributed by atoms with E-state index in [9.17, 15) is 4.79 Å². The highest BCUT2D eigenvalue weighted by atomic mass is 16.5. The van der Waals surface area contributed by atoms with E-state index in [4.69, 9.17) is 4.74 Å². The van der Waals surface area contributed by atoms with Crippen molar-refractivity contribution in [1.82, 2.24) is 0 Å². The van der Waals surface area contributed by atoms with Crippen molar-refractivity contribution in [3.05, 3.63) is 35.9 Å². The fourth-order valence-corrected chi connectivity index (χ4v) is 1.51. The second-order valence-corrected chi connectivity index (χ2v) is 5.64. The van der Waals surface area contributed by atoms with Gasteiger partial charge in [0.1, 0.15) is 0 Å². The molecule has 0 saturated carbocycles. The topological polar surface area (TPSA) is 26.3 Å². The fraction of sp³-hybridized carbons (Fsp3) is 0.533. The van der Waals surface area contributed by atoms with Gasteiger partial charge in [-0.25, -0.2) is 0 Å². The first-order valence-electron chi connectivity index (χ1n) is 6.11. The molecule has 0 aliphatic heterocycles. The van der Waals surface area contributed by atoms with E-state index < -0.39 is 5.41 Å². The van der Waals surface area contributed by atoms with Crippen LogP contribution in [0.25, 0.3) is 0 Å². The Kier molecular flexibility index (Phi) is 4.73. The molecule has 0 aliphatic carbocycles. The zero-order valence-corrected chi connectivity index (χ0v) is 11.2. The zero-order chi connectivity index (χ0) is 12.9. The third-order valence-electron chi connectivity index (χ3n) is 2.54. The average molecular weight is 234 g/mol. The molecule has 0 spiro atoms. The van der Waals surface area contributed by atoms with Crippen LogP contribution in [-0.2, 0) is 16.0 Å². The number of rotatable bonds is 4. The molecule has 0 saturated heterocycles. The summed E-state index contributed by atoms with van der Waals surface area (Å²) in [5.41, 5.74) is 0.874. The van der Waals surface area contributed by atoms with E-state index in [0.717, 1.165) is 6.42 Å². The molecule has 1 aromatic rings. The van der Waals surface area contributed by atoms with E-state index >= 15 is 0 Å². The van der Waals surface area contributed by atoms with Crippen LogP contribution in [0.3, 0.4) is 0 Å². The van der Waals surface area contributed by atoms with Gasteiger partial charge in [-0.15, -0.1) is 0 Å². The molecule has 1 rings (SSSR count). The second-order valence-electron chi connectivity index (χ2n) is 5.64. The third-order valence-corrected chi connectivity index (χ3v) is 2.54. The van der Waals surface area contributed by atoms with Crippen LogP contribution in [0.5, 0.6) is 0 Å². The summed E-state index contributed by atoms with van der Waals surface area (Å²) in [5.74, 6) is 0.223. The standard InChI is InChI=1S/C15H22O2/c1-12(10-13-8-6-5-7-9-13)11-17-14(16)15(2,3)4/h5-9,12H,10-11H2,1-4H3. The van der Waals surface area contributed by atoms with Crippen LogP contribution in [0.15, 0.2) is 30.3 Å². The van der Waals surface area contributed by atoms with E-state index in [1.54, 1.807) is 0 Å². The van der Waals surface area contributed by atoms with Crippen LogP contribution in [0.2, 0.25) is 0 Å². The van der Waals surface area contributed by atoms with Gasteiger partial charge in [-0.05, 0) is 38.7 Å². The summed E-state index contributed by atoms with van der Waals surface area (Å²) in [4.78, 5) is 11.6. The number of carbonyl (C=O) groups is 1. The second kappa shape index (κ2) is 5.85. The van der Waals surface area contributed by atoms with Crippen LogP contribution in [0.1, 0.15) is 33.3 Å². The number of ether oxygens (including phenoxy) is 1. The van der Waals surface area contributed by atoms with Gasteiger partial charge >= 0.3 is 5.97 Å². The summed E-state index contributed by atoms with van der Waals surface area (Å²) in [6.45, 7) is 8.21. The molecule has 1 atom stereocenters. The van der Waals surface area contributed by atoms with E-state index in [1.807, 2.05) is 39.0 Å². The van der Waals surface area contributed by atoms with Gasteiger partial charge in [-0.2, -0.15) is 0 Å². The molecular weight excluding hydrogens is 212 g/mol. The van der Waals surface area contributed by atoms with Gasteiger partial charge < -0.3 is 4.74 Å². The SMILES string of the molecule is CC(COC(=O)C(C)(C)C)Cc1ccccc1. The molecule has 0 bridgehead atoms. The van der Waals surface area contributed by atoms with E-state index in [2.05, 4.69) is 19.1 Å². The van der Waals surface area contributed by atoms with Crippen molar-refractivity contribution >= 4 is 5.97 Å². The van der Waals surface area contributed by atoms with E-state index in [-0.39, 0.29) is 5.97 Å². The lowest BCUT2D eigenvalue weighted by Crippen LogP contribution is -2.25. The first-order valence-corrected chi connectivity index (χ1v) is 6.11. The van der Waals surface area contributed by atoms with Crippen LogP contribution < -0.4 is 0 Å². The van der Waals surface area contributed by atoms with Crippen molar-refractivity contribution in [2.45, 2.75) is 34.1 Å². The van der Waals surface area contributed by atoms with Crippen molar-refractivity contribution in [2.75, 3.05) is 6.61 Å². The molecule has 1 unspecified atom stereocenters. The highest BCUT2D eigenvalue weighted by Gasteiger charge is 2.23. The maximum Gasteiger partial charge on any atom is 0.311 e. The normalized spacial score (nSPS) is 13.2. The first-order chi connectivity index (χ1) is 7.89. The number of esters is 1. The fourth-order valence-electron chi connectivity index (χ4n) is 1.51. The Morgan fingerprint density at radius 1 is 1.24 bits per heavy atom. The Balaban J connectivity index is 2.36. The average Bonchev–Trinajstić information content (AvgIpc) is 2.26. The lowest BCUT2D eigenvalue weighted by Gasteiger charge is -2.19. The molecular formula is C15H22O2. The van der Waals surface area contributed by atoms with E-state index in [0.29, 0.717) is 12.5 Å². The minimum atomic E-state index is -0.410. The Morgan fingerprint density at radius 3 is 2.35 bits per heavy atom. The van der Waals surface area contributed by atoms with Crippen LogP contribution >= 0.6 is 0 Å². The Labute approximate surface area is 104 Å². The Morgan fingerprint density at radius 2 is 1.82 bits per heavy atom. The molecule has 0 aromatic heterocycles. The quantitative estimate of drug-likeness (QED) is 0.746. The molecule has 17 heavy (non-hydrogen) atoms. The maximum atomic E-state index is 11.6. The van der Waals surface area contributed by atoms with Crippen molar-refractivity contribution in [3.63, 3.8) is 0 Å². The summed E-state index contributed by atoms with van der Waals surface area (Å²) in [7, 11) is 0. The lowest BCUT2D eigenvalue weighted by atomic mass is 9.97. The molecule has 0 amide bonds. The number of carbonyl (C=O) groups excluding carboxylic acids is 1.